The van der Waals surface area contributed by atoms with E-state index in [1.165, 1.54) is 0 Å². The van der Waals surface area contributed by atoms with Crippen molar-refractivity contribution in [3.63, 3.8) is 0 Å². The van der Waals surface area contributed by atoms with Crippen LogP contribution < -0.4 is 5.73 Å². The number of nitrogen functional groups attached to an aromatic ring is 1. The Bertz CT molecular complexity index is 356. The summed E-state index contributed by atoms with van der Waals surface area (Å²) in [7, 11) is 0. The van der Waals surface area contributed by atoms with Gasteiger partial charge in [0.2, 0.25) is 0 Å². The summed E-state index contributed by atoms with van der Waals surface area (Å²) < 4.78 is 1.99. The lowest BCUT2D eigenvalue weighted by atomic mass is 9.90. The van der Waals surface area contributed by atoms with Crippen LogP contribution in [0.4, 0.5) is 5.82 Å². The number of nitrogens with zero attached hydrogens (tertiary/aromatic N) is 2. The number of hydrogen-bond acceptors (Lipinski definition) is 2. The molecule has 3 nitrogen and oxygen atoms in total. The number of allylic oxidation sites excluding steroid dienone is 1. The molecule has 84 valence electrons. The van der Waals surface area contributed by atoms with Crippen molar-refractivity contribution in [3.05, 3.63) is 24.2 Å². The van der Waals surface area contributed by atoms with Crippen molar-refractivity contribution in [2.45, 2.75) is 40.7 Å². The highest BCUT2D eigenvalue weighted by Gasteiger charge is 2.18. The van der Waals surface area contributed by atoms with Gasteiger partial charge in [0.15, 0.2) is 0 Å². The van der Waals surface area contributed by atoms with Gasteiger partial charge >= 0.3 is 0 Å². The highest BCUT2D eigenvalue weighted by molar-refractivity contribution is 5.39. The Morgan fingerprint density at radius 1 is 1.47 bits per heavy atom. The first-order chi connectivity index (χ1) is 6.85. The van der Waals surface area contributed by atoms with Crippen LogP contribution >= 0.6 is 0 Å². The van der Waals surface area contributed by atoms with Gasteiger partial charge in [-0.3, -0.25) is 0 Å². The molecule has 15 heavy (non-hydrogen) atoms. The molecule has 1 aromatic heterocycles. The van der Waals surface area contributed by atoms with Crippen LogP contribution in [0.1, 0.15) is 32.3 Å². The SMILES string of the molecule is C=CCn1c(C)nc(CC(C)(C)C)c1N. The maximum atomic E-state index is 6.05. The number of aryl methyl sites for hydroxylation is 1. The van der Waals surface area contributed by atoms with Crippen molar-refractivity contribution in [2.24, 2.45) is 5.41 Å². The second-order valence-corrected chi connectivity index (χ2v) is 5.13. The quantitative estimate of drug-likeness (QED) is 0.774. The number of imidazole rings is 1. The van der Waals surface area contributed by atoms with Crippen LogP contribution in [0.5, 0.6) is 0 Å². The normalized spacial score (nSPS) is 11.7. The molecule has 0 saturated carbocycles. The summed E-state index contributed by atoms with van der Waals surface area (Å²) in [5.74, 6) is 1.74. The molecule has 3 heteroatoms. The van der Waals surface area contributed by atoms with E-state index in [0.29, 0.717) is 0 Å². The molecule has 0 saturated heterocycles. The van der Waals surface area contributed by atoms with Gasteiger partial charge in [-0.15, -0.1) is 6.58 Å². The topological polar surface area (TPSA) is 43.8 Å². The predicted molar refractivity (Wildman–Crippen MR) is 64.7 cm³/mol. The molecule has 0 aromatic carbocycles. The van der Waals surface area contributed by atoms with Crippen molar-refractivity contribution < 1.29 is 0 Å². The van der Waals surface area contributed by atoms with Gasteiger partial charge in [-0.05, 0) is 18.8 Å². The molecule has 0 spiro atoms. The van der Waals surface area contributed by atoms with Crippen LogP contribution in [0, 0.1) is 12.3 Å². The first kappa shape index (κ1) is 11.8. The zero-order valence-electron chi connectivity index (χ0n) is 10.2. The number of anilines is 1. The van der Waals surface area contributed by atoms with Crippen LogP contribution in [0.3, 0.4) is 0 Å². The summed E-state index contributed by atoms with van der Waals surface area (Å²) >= 11 is 0. The molecule has 0 aliphatic heterocycles. The van der Waals surface area contributed by atoms with E-state index < -0.39 is 0 Å². The minimum Gasteiger partial charge on any atom is -0.384 e. The number of rotatable bonds is 3. The smallest absolute Gasteiger partial charge is 0.127 e. The lowest BCUT2D eigenvalue weighted by Crippen LogP contribution is -2.11. The average molecular weight is 207 g/mol. The molecule has 0 radical (unpaired) electrons. The van der Waals surface area contributed by atoms with E-state index in [4.69, 9.17) is 5.73 Å². The van der Waals surface area contributed by atoms with Crippen LogP contribution in [0.15, 0.2) is 12.7 Å². The van der Waals surface area contributed by atoms with Gasteiger partial charge in [-0.2, -0.15) is 0 Å². The molecule has 2 N–H and O–H groups in total. The molecule has 0 amide bonds. The monoisotopic (exact) mass is 207 g/mol. The molecule has 0 fully saturated rings. The summed E-state index contributed by atoms with van der Waals surface area (Å²) in [6, 6.07) is 0. The Kier molecular flexibility index (Phi) is 3.22. The highest BCUT2D eigenvalue weighted by atomic mass is 15.1. The molecule has 0 aliphatic rings. The highest BCUT2D eigenvalue weighted by Crippen LogP contribution is 2.24. The maximum absolute atomic E-state index is 6.05. The third-order valence-corrected chi connectivity index (χ3v) is 2.28. The summed E-state index contributed by atoms with van der Waals surface area (Å²) in [6.07, 6.45) is 2.75. The lowest BCUT2D eigenvalue weighted by Gasteiger charge is -2.16. The molecule has 1 heterocycles. The zero-order valence-corrected chi connectivity index (χ0v) is 10.2. The number of aromatic nitrogens is 2. The summed E-state index contributed by atoms with van der Waals surface area (Å²) in [4.78, 5) is 4.50. The Morgan fingerprint density at radius 2 is 2.07 bits per heavy atom. The van der Waals surface area contributed by atoms with Gasteiger partial charge in [-0.1, -0.05) is 26.8 Å². The standard InChI is InChI=1S/C12H21N3/c1-6-7-15-9(2)14-10(11(15)13)8-12(3,4)5/h6H,1,7-8,13H2,2-5H3. The second-order valence-electron chi connectivity index (χ2n) is 5.13. The number of hydrogen-bond donors (Lipinski definition) is 1. The van der Waals surface area contributed by atoms with E-state index in [1.807, 2.05) is 17.6 Å². The third-order valence-electron chi connectivity index (χ3n) is 2.28. The van der Waals surface area contributed by atoms with Gasteiger partial charge < -0.3 is 10.3 Å². The van der Waals surface area contributed by atoms with E-state index in [2.05, 4.69) is 32.3 Å². The van der Waals surface area contributed by atoms with E-state index in [1.54, 1.807) is 0 Å². The zero-order chi connectivity index (χ0) is 11.6. The minimum atomic E-state index is 0.216. The van der Waals surface area contributed by atoms with Crippen LogP contribution in [-0.4, -0.2) is 9.55 Å². The fraction of sp³-hybridized carbons (Fsp3) is 0.583. The first-order valence-corrected chi connectivity index (χ1v) is 5.27. The Balaban J connectivity index is 3.01. The summed E-state index contributed by atoms with van der Waals surface area (Å²) in [5, 5.41) is 0. The summed E-state index contributed by atoms with van der Waals surface area (Å²) in [5.41, 5.74) is 7.27. The average Bonchev–Trinajstić information content (AvgIpc) is 2.30. The molecule has 0 atom stereocenters. The minimum absolute atomic E-state index is 0.216. The van der Waals surface area contributed by atoms with Crippen molar-refractivity contribution in [1.29, 1.82) is 0 Å². The third kappa shape index (κ3) is 2.85. The molecule has 0 bridgehead atoms. The molecule has 1 rings (SSSR count). The Hall–Kier alpha value is -1.25. The van der Waals surface area contributed by atoms with Crippen LogP contribution in [0.25, 0.3) is 0 Å². The van der Waals surface area contributed by atoms with Crippen molar-refractivity contribution in [1.82, 2.24) is 9.55 Å². The van der Waals surface area contributed by atoms with Gasteiger partial charge in [0.25, 0.3) is 0 Å². The summed E-state index contributed by atoms with van der Waals surface area (Å²) in [6.45, 7) is 13.0. The molecular formula is C12H21N3. The van der Waals surface area contributed by atoms with E-state index in [-0.39, 0.29) is 5.41 Å². The van der Waals surface area contributed by atoms with Crippen molar-refractivity contribution in [2.75, 3.05) is 5.73 Å². The van der Waals surface area contributed by atoms with Crippen LogP contribution in [-0.2, 0) is 13.0 Å². The van der Waals surface area contributed by atoms with E-state index in [0.717, 1.165) is 30.3 Å². The fourth-order valence-corrected chi connectivity index (χ4v) is 1.64. The lowest BCUT2D eigenvalue weighted by molar-refractivity contribution is 0.407. The van der Waals surface area contributed by atoms with Crippen molar-refractivity contribution >= 4 is 5.82 Å². The molecule has 0 aliphatic carbocycles. The Labute approximate surface area is 92.0 Å². The van der Waals surface area contributed by atoms with Gasteiger partial charge in [0, 0.05) is 6.54 Å². The predicted octanol–water partition coefficient (Wildman–Crippen LogP) is 2.55. The molecular weight excluding hydrogens is 186 g/mol. The fourth-order valence-electron chi connectivity index (χ4n) is 1.64. The van der Waals surface area contributed by atoms with Gasteiger partial charge in [-0.25, -0.2) is 4.98 Å². The van der Waals surface area contributed by atoms with Crippen molar-refractivity contribution in [3.8, 4) is 0 Å². The van der Waals surface area contributed by atoms with Gasteiger partial charge in [0.05, 0.1) is 5.69 Å². The second kappa shape index (κ2) is 4.09. The van der Waals surface area contributed by atoms with Crippen LogP contribution in [0.2, 0.25) is 0 Å². The van der Waals surface area contributed by atoms with Gasteiger partial charge in [0.1, 0.15) is 11.6 Å². The largest absolute Gasteiger partial charge is 0.384 e. The number of nitrogens with two attached hydrogens (primary N) is 1. The Morgan fingerprint density at radius 3 is 2.53 bits per heavy atom. The van der Waals surface area contributed by atoms with E-state index in [9.17, 15) is 0 Å². The molecule has 0 unspecified atom stereocenters. The van der Waals surface area contributed by atoms with E-state index >= 15 is 0 Å². The maximum Gasteiger partial charge on any atom is 0.127 e. The molecule has 1 aromatic rings. The first-order valence-electron chi connectivity index (χ1n) is 5.27.